The van der Waals surface area contributed by atoms with Crippen LogP contribution in [0.4, 0.5) is 5.69 Å². The number of phenolic OH excluding ortho intramolecular Hbond substituents is 1. The van der Waals surface area contributed by atoms with E-state index in [1.165, 1.54) is 0 Å². The molecule has 112 valence electrons. The molecule has 2 rings (SSSR count). The summed E-state index contributed by atoms with van der Waals surface area (Å²) in [6.07, 6.45) is 0. The van der Waals surface area contributed by atoms with E-state index in [0.717, 1.165) is 32.6 Å². The van der Waals surface area contributed by atoms with Crippen molar-refractivity contribution in [3.8, 4) is 11.5 Å². The van der Waals surface area contributed by atoms with E-state index in [2.05, 4.69) is 15.9 Å². The first-order chi connectivity index (χ1) is 9.90. The third-order valence-electron chi connectivity index (χ3n) is 3.34. The molecule has 0 fully saturated rings. The fourth-order valence-electron chi connectivity index (χ4n) is 2.10. The molecule has 0 unspecified atom stereocenters. The van der Waals surface area contributed by atoms with Crippen LogP contribution in [0.25, 0.3) is 0 Å². The fourth-order valence-corrected chi connectivity index (χ4v) is 2.57. The summed E-state index contributed by atoms with van der Waals surface area (Å²) in [4.78, 5) is 0. The van der Waals surface area contributed by atoms with Crippen LogP contribution in [0.1, 0.15) is 16.7 Å². The Balaban J connectivity index is 2.27. The lowest BCUT2D eigenvalue weighted by Gasteiger charge is -2.19. The monoisotopic (exact) mass is 350 g/mol. The largest absolute Gasteiger partial charge is 0.508 e. The first kappa shape index (κ1) is 15.7. The van der Waals surface area contributed by atoms with Gasteiger partial charge in [0.15, 0.2) is 0 Å². The lowest BCUT2D eigenvalue weighted by Crippen LogP contribution is -2.26. The van der Waals surface area contributed by atoms with E-state index in [0.29, 0.717) is 6.61 Å². The topological polar surface area (TPSA) is 58.7 Å². The summed E-state index contributed by atoms with van der Waals surface area (Å²) >= 11 is 3.53. The highest BCUT2D eigenvalue weighted by Crippen LogP contribution is 2.30. The van der Waals surface area contributed by atoms with Gasteiger partial charge in [0.2, 0.25) is 0 Å². The summed E-state index contributed by atoms with van der Waals surface area (Å²) in [5.41, 5.74) is 3.57. The zero-order valence-electron chi connectivity index (χ0n) is 12.4. The quantitative estimate of drug-likeness (QED) is 0.652. The van der Waals surface area contributed by atoms with Gasteiger partial charge in [-0.15, -0.1) is 0 Å². The number of nitrogens with zero attached hydrogens (tertiary/aromatic N) is 1. The van der Waals surface area contributed by atoms with E-state index < -0.39 is 0 Å². The maximum absolute atomic E-state index is 9.68. The molecule has 0 aliphatic carbocycles. The molecule has 0 radical (unpaired) electrons. The van der Waals surface area contributed by atoms with E-state index in [1.807, 2.05) is 38.1 Å². The Morgan fingerprint density at radius 2 is 1.95 bits per heavy atom. The van der Waals surface area contributed by atoms with Crippen LogP contribution in [0.15, 0.2) is 34.8 Å². The van der Waals surface area contributed by atoms with Gasteiger partial charge in [-0.25, -0.2) is 5.84 Å². The highest BCUT2D eigenvalue weighted by molar-refractivity contribution is 9.10. The van der Waals surface area contributed by atoms with Gasteiger partial charge in [0.05, 0.1) is 5.69 Å². The Hall–Kier alpha value is -1.72. The first-order valence-corrected chi connectivity index (χ1v) is 7.38. The minimum absolute atomic E-state index is 0.281. The van der Waals surface area contributed by atoms with E-state index >= 15 is 0 Å². The molecule has 0 aliphatic rings. The third kappa shape index (κ3) is 3.49. The second kappa shape index (κ2) is 6.37. The minimum atomic E-state index is 0.281. The number of aromatic hydroxyl groups is 1. The average molecular weight is 351 g/mol. The van der Waals surface area contributed by atoms with Crippen molar-refractivity contribution < 1.29 is 9.84 Å². The van der Waals surface area contributed by atoms with Crippen LogP contribution in [0.5, 0.6) is 11.5 Å². The second-order valence-corrected chi connectivity index (χ2v) is 5.90. The standard InChI is InChI=1S/C16H19BrN2O2/c1-10-8-16(11(2)7-15(10)20)21-9-12-13(17)5-4-6-14(12)19(3)18/h4-8,20H,9,18H2,1-3H3. The van der Waals surface area contributed by atoms with Gasteiger partial charge in [-0.05, 0) is 49.2 Å². The van der Waals surface area contributed by atoms with Crippen LogP contribution in [-0.4, -0.2) is 12.2 Å². The van der Waals surface area contributed by atoms with E-state index in [1.54, 1.807) is 18.1 Å². The molecule has 0 atom stereocenters. The maximum atomic E-state index is 9.68. The highest BCUT2D eigenvalue weighted by Gasteiger charge is 2.11. The summed E-state index contributed by atoms with van der Waals surface area (Å²) in [6.45, 7) is 4.15. The van der Waals surface area contributed by atoms with Crippen LogP contribution < -0.4 is 15.6 Å². The van der Waals surface area contributed by atoms with Crippen molar-refractivity contribution >= 4 is 21.6 Å². The van der Waals surface area contributed by atoms with Gasteiger partial charge in [-0.3, -0.25) is 0 Å². The number of ether oxygens (including phenoxy) is 1. The summed E-state index contributed by atoms with van der Waals surface area (Å²) in [7, 11) is 1.79. The number of halogens is 1. The van der Waals surface area contributed by atoms with Gasteiger partial charge in [-0.1, -0.05) is 22.0 Å². The number of hydrazine groups is 1. The number of hydrogen-bond acceptors (Lipinski definition) is 4. The molecule has 4 nitrogen and oxygen atoms in total. The summed E-state index contributed by atoms with van der Waals surface area (Å²) < 4.78 is 6.86. The van der Waals surface area contributed by atoms with E-state index in [-0.39, 0.29) is 5.75 Å². The minimum Gasteiger partial charge on any atom is -0.508 e. The van der Waals surface area contributed by atoms with Crippen molar-refractivity contribution in [3.63, 3.8) is 0 Å². The molecule has 0 aromatic heterocycles. The molecule has 0 amide bonds. The van der Waals surface area contributed by atoms with Crippen molar-refractivity contribution in [2.75, 3.05) is 12.1 Å². The molecule has 0 heterocycles. The number of nitrogens with two attached hydrogens (primary N) is 1. The van der Waals surface area contributed by atoms with Gasteiger partial charge < -0.3 is 14.9 Å². The molecule has 5 heteroatoms. The van der Waals surface area contributed by atoms with Crippen molar-refractivity contribution in [1.82, 2.24) is 0 Å². The molecule has 0 bridgehead atoms. The van der Waals surface area contributed by atoms with Crippen LogP contribution in [0.2, 0.25) is 0 Å². The van der Waals surface area contributed by atoms with Crippen molar-refractivity contribution in [2.24, 2.45) is 5.84 Å². The van der Waals surface area contributed by atoms with Gasteiger partial charge in [0.1, 0.15) is 18.1 Å². The average Bonchev–Trinajstić information content (AvgIpc) is 2.42. The zero-order valence-corrected chi connectivity index (χ0v) is 13.9. The number of phenols is 1. The fraction of sp³-hybridized carbons (Fsp3) is 0.250. The molecular formula is C16H19BrN2O2. The number of benzene rings is 2. The summed E-state index contributed by atoms with van der Waals surface area (Å²) in [5.74, 6) is 6.89. The number of hydrogen-bond donors (Lipinski definition) is 2. The maximum Gasteiger partial charge on any atom is 0.123 e. The van der Waals surface area contributed by atoms with Crippen LogP contribution in [0, 0.1) is 13.8 Å². The van der Waals surface area contributed by atoms with Gasteiger partial charge in [0, 0.05) is 17.1 Å². The molecule has 2 aromatic rings. The Morgan fingerprint density at radius 1 is 1.24 bits per heavy atom. The Labute approximate surface area is 133 Å². The predicted octanol–water partition coefficient (Wildman–Crippen LogP) is 3.66. The molecule has 2 aromatic carbocycles. The van der Waals surface area contributed by atoms with Gasteiger partial charge >= 0.3 is 0 Å². The molecular weight excluding hydrogens is 332 g/mol. The zero-order chi connectivity index (χ0) is 15.6. The van der Waals surface area contributed by atoms with Gasteiger partial charge in [-0.2, -0.15) is 0 Å². The predicted molar refractivity (Wildman–Crippen MR) is 88.6 cm³/mol. The number of aryl methyl sites for hydroxylation is 2. The van der Waals surface area contributed by atoms with E-state index in [9.17, 15) is 5.11 Å². The molecule has 0 aliphatic heterocycles. The Bertz CT molecular complexity index is 657. The van der Waals surface area contributed by atoms with Crippen LogP contribution in [-0.2, 0) is 6.61 Å². The lowest BCUT2D eigenvalue weighted by molar-refractivity contribution is 0.302. The van der Waals surface area contributed by atoms with Gasteiger partial charge in [0.25, 0.3) is 0 Å². The Morgan fingerprint density at radius 3 is 2.62 bits per heavy atom. The summed E-state index contributed by atoms with van der Waals surface area (Å²) in [5, 5.41) is 11.3. The molecule has 0 spiro atoms. The Kier molecular flexibility index (Phi) is 4.75. The van der Waals surface area contributed by atoms with Crippen molar-refractivity contribution in [3.05, 3.63) is 51.5 Å². The lowest BCUT2D eigenvalue weighted by atomic mass is 10.1. The summed E-state index contributed by atoms with van der Waals surface area (Å²) in [6, 6.07) is 9.38. The molecule has 0 saturated heterocycles. The first-order valence-electron chi connectivity index (χ1n) is 6.59. The number of rotatable bonds is 4. The third-order valence-corrected chi connectivity index (χ3v) is 4.08. The highest BCUT2D eigenvalue weighted by atomic mass is 79.9. The second-order valence-electron chi connectivity index (χ2n) is 5.04. The smallest absolute Gasteiger partial charge is 0.123 e. The van der Waals surface area contributed by atoms with Crippen LogP contribution in [0.3, 0.4) is 0 Å². The van der Waals surface area contributed by atoms with Crippen molar-refractivity contribution in [1.29, 1.82) is 0 Å². The number of anilines is 1. The van der Waals surface area contributed by atoms with Crippen molar-refractivity contribution in [2.45, 2.75) is 20.5 Å². The molecule has 21 heavy (non-hydrogen) atoms. The van der Waals surface area contributed by atoms with Crippen LogP contribution >= 0.6 is 15.9 Å². The molecule has 3 N–H and O–H groups in total. The normalized spacial score (nSPS) is 10.5. The van der Waals surface area contributed by atoms with E-state index in [4.69, 9.17) is 10.6 Å². The molecule has 0 saturated carbocycles. The SMILES string of the molecule is Cc1cc(OCc2c(Br)cccc2N(C)N)c(C)cc1O.